The van der Waals surface area contributed by atoms with Crippen molar-refractivity contribution in [3.8, 4) is 0 Å². The molecule has 2 saturated heterocycles. The van der Waals surface area contributed by atoms with Gasteiger partial charge in [0, 0.05) is 44.9 Å². The maximum absolute atomic E-state index is 13.9. The molecule has 2 heterocycles. The van der Waals surface area contributed by atoms with Crippen molar-refractivity contribution >= 4 is 5.97 Å². The Bertz CT molecular complexity index is 913. The summed E-state index contributed by atoms with van der Waals surface area (Å²) in [5.41, 5.74) is -3.78. The van der Waals surface area contributed by atoms with Crippen molar-refractivity contribution in [2.45, 2.75) is 135 Å². The Morgan fingerprint density at radius 3 is 2.19 bits per heavy atom. The van der Waals surface area contributed by atoms with Gasteiger partial charge in [-0.1, -0.05) is 33.8 Å². The van der Waals surface area contributed by atoms with Crippen molar-refractivity contribution < 1.29 is 44.2 Å². The first-order chi connectivity index (χ1) is 19.7. The number of aliphatic hydroxyl groups excluding tert-OH is 2. The predicted octanol–water partition coefficient (Wildman–Crippen LogP) is 3.14. The maximum atomic E-state index is 13.9. The van der Waals surface area contributed by atoms with Crippen LogP contribution in [0.5, 0.6) is 0 Å². The minimum Gasteiger partial charge on any atom is -0.458 e. The third kappa shape index (κ3) is 9.45. The van der Waals surface area contributed by atoms with E-state index in [1.807, 2.05) is 39.6 Å². The molecule has 1 unspecified atom stereocenters. The summed E-state index contributed by atoms with van der Waals surface area (Å²) in [6.07, 6.45) is -2.45. The molecular formula is C33H61NO9. The molecule has 14 atom stereocenters. The van der Waals surface area contributed by atoms with Gasteiger partial charge < -0.3 is 44.3 Å². The van der Waals surface area contributed by atoms with E-state index in [9.17, 15) is 25.2 Å². The minimum atomic E-state index is -1.79. The minimum absolute atomic E-state index is 0.0140. The van der Waals surface area contributed by atoms with Gasteiger partial charge in [-0.25, -0.2) is 0 Å². The molecule has 0 saturated carbocycles. The van der Waals surface area contributed by atoms with E-state index >= 15 is 0 Å². The highest BCUT2D eigenvalue weighted by Crippen LogP contribution is 2.38. The van der Waals surface area contributed by atoms with Crippen molar-refractivity contribution in [1.29, 1.82) is 0 Å². The average molecular weight is 616 g/mol. The van der Waals surface area contributed by atoms with E-state index in [2.05, 4.69) is 6.58 Å². The number of nitrogens with zero attached hydrogens (tertiary/aromatic N) is 1. The molecule has 0 radical (unpaired) electrons. The van der Waals surface area contributed by atoms with E-state index in [-0.39, 0.29) is 17.9 Å². The van der Waals surface area contributed by atoms with Gasteiger partial charge in [-0.2, -0.15) is 0 Å². The van der Waals surface area contributed by atoms with Crippen molar-refractivity contribution in [2.75, 3.05) is 27.2 Å². The Labute approximate surface area is 259 Å². The van der Waals surface area contributed by atoms with Crippen LogP contribution in [-0.2, 0) is 23.7 Å². The second-order valence-electron chi connectivity index (χ2n) is 14.6. The van der Waals surface area contributed by atoms with Crippen LogP contribution in [0.3, 0.4) is 0 Å². The van der Waals surface area contributed by atoms with Gasteiger partial charge in [-0.3, -0.25) is 4.79 Å². The van der Waals surface area contributed by atoms with Gasteiger partial charge in [0.1, 0.15) is 11.7 Å². The summed E-state index contributed by atoms with van der Waals surface area (Å²) < 4.78 is 24.4. The summed E-state index contributed by atoms with van der Waals surface area (Å²) in [6.45, 7) is 20.9. The molecular weight excluding hydrogens is 554 g/mol. The molecule has 0 bridgehead atoms. The number of esters is 1. The Morgan fingerprint density at radius 1 is 1.02 bits per heavy atom. The van der Waals surface area contributed by atoms with Crippen LogP contribution in [0.15, 0.2) is 12.7 Å². The number of hydrogen-bond donors (Lipinski definition) is 4. The molecule has 2 rings (SSSR count). The van der Waals surface area contributed by atoms with Crippen LogP contribution in [0.25, 0.3) is 0 Å². The number of hydrogen-bond acceptors (Lipinski definition) is 10. The second kappa shape index (κ2) is 15.0. The summed E-state index contributed by atoms with van der Waals surface area (Å²) in [7, 11) is 3.56. The van der Waals surface area contributed by atoms with Crippen LogP contribution < -0.4 is 0 Å². The molecule has 2 aliphatic heterocycles. The van der Waals surface area contributed by atoms with E-state index in [4.69, 9.17) is 18.9 Å². The summed E-state index contributed by atoms with van der Waals surface area (Å²) in [6, 6.07) is 0. The van der Waals surface area contributed by atoms with Gasteiger partial charge in [0.15, 0.2) is 6.29 Å². The number of carbonyl (C=O) groups excluding carboxylic acids is 1. The van der Waals surface area contributed by atoms with Gasteiger partial charge in [0.05, 0.1) is 41.5 Å². The summed E-state index contributed by atoms with van der Waals surface area (Å²) in [5, 5.41) is 46.2. The lowest BCUT2D eigenvalue weighted by Crippen LogP contribution is -2.58. The van der Waals surface area contributed by atoms with Gasteiger partial charge in [-0.15, -0.1) is 6.58 Å². The maximum Gasteiger partial charge on any atom is 0.311 e. The normalized spacial score (nSPS) is 47.5. The number of methoxy groups -OCH3 is 1. The van der Waals surface area contributed by atoms with Crippen molar-refractivity contribution in [2.24, 2.45) is 29.6 Å². The quantitative estimate of drug-likeness (QED) is 0.270. The van der Waals surface area contributed by atoms with Gasteiger partial charge in [-0.05, 0) is 59.9 Å². The van der Waals surface area contributed by atoms with Gasteiger partial charge in [0.25, 0.3) is 0 Å². The number of carbonyl (C=O) groups is 1. The highest BCUT2D eigenvalue weighted by molar-refractivity contribution is 5.73. The fourth-order valence-corrected chi connectivity index (χ4v) is 7.35. The Kier molecular flexibility index (Phi) is 13.3. The van der Waals surface area contributed by atoms with Crippen LogP contribution in [0.1, 0.15) is 81.6 Å². The van der Waals surface area contributed by atoms with E-state index in [1.165, 1.54) is 6.92 Å². The molecule has 10 nitrogen and oxygen atoms in total. The second-order valence-corrected chi connectivity index (χ2v) is 14.6. The van der Waals surface area contributed by atoms with Crippen LogP contribution in [0.2, 0.25) is 0 Å². The first kappa shape index (κ1) is 38.1. The number of aliphatic hydroxyl groups is 4. The first-order valence-corrected chi connectivity index (χ1v) is 15.9. The Morgan fingerprint density at radius 2 is 1.63 bits per heavy atom. The third-order valence-electron chi connectivity index (χ3n) is 9.81. The molecule has 0 amide bonds. The summed E-state index contributed by atoms with van der Waals surface area (Å²) in [5.74, 6) is -3.20. The number of cyclic esters (lactones) is 1. The largest absolute Gasteiger partial charge is 0.458 e. The average Bonchev–Trinajstić information content (AvgIpc) is 2.90. The molecule has 0 aromatic heterocycles. The zero-order valence-corrected chi connectivity index (χ0v) is 28.4. The van der Waals surface area contributed by atoms with Crippen LogP contribution >= 0.6 is 0 Å². The van der Waals surface area contributed by atoms with Crippen LogP contribution in [0, 0.1) is 29.6 Å². The molecule has 0 aliphatic carbocycles. The summed E-state index contributed by atoms with van der Waals surface area (Å²) >= 11 is 0. The van der Waals surface area contributed by atoms with Gasteiger partial charge in [0.2, 0.25) is 0 Å². The van der Waals surface area contributed by atoms with Crippen LogP contribution in [-0.4, -0.2) is 112 Å². The zero-order chi connectivity index (χ0) is 33.1. The molecule has 4 N–H and O–H groups in total. The fourth-order valence-electron chi connectivity index (χ4n) is 7.35. The first-order valence-electron chi connectivity index (χ1n) is 15.9. The molecule has 252 valence electrons. The number of rotatable bonds is 5. The summed E-state index contributed by atoms with van der Waals surface area (Å²) in [4.78, 5) is 15.9. The highest BCUT2D eigenvalue weighted by atomic mass is 16.7. The molecule has 2 fully saturated rings. The van der Waals surface area contributed by atoms with E-state index < -0.39 is 71.2 Å². The van der Waals surface area contributed by atoms with Crippen molar-refractivity contribution in [1.82, 2.24) is 4.90 Å². The lowest BCUT2D eigenvalue weighted by Gasteiger charge is -2.45. The van der Waals surface area contributed by atoms with Crippen LogP contribution in [0.4, 0.5) is 0 Å². The molecule has 0 aromatic carbocycles. The monoisotopic (exact) mass is 615 g/mol. The lowest BCUT2D eigenvalue weighted by atomic mass is 9.77. The van der Waals surface area contributed by atoms with E-state index in [1.54, 1.807) is 40.9 Å². The standard InChI is InChI=1S/C33H61NO9/c1-13-20(3)29-33(10,39)27(35)21(4)18-34(11)17-19(2)14-32(9,38)28(36)23(6)26(24(7)30(37)43-29)42-25-16-31(8,40-12)15-22(5)41-25/h13,19-29,35-36,38-39H,1,14-18H2,2-12H3/t19-,20?,21+,22+,23+,24-,25+,26+,27-,28-,29-,31+,32-,33+/m1/s1. The smallest absolute Gasteiger partial charge is 0.311 e. The highest BCUT2D eigenvalue weighted by Gasteiger charge is 2.49. The van der Waals surface area contributed by atoms with Crippen molar-refractivity contribution in [3.05, 3.63) is 12.7 Å². The lowest BCUT2D eigenvalue weighted by molar-refractivity contribution is -0.271. The van der Waals surface area contributed by atoms with Gasteiger partial charge >= 0.3 is 5.97 Å². The molecule has 10 heteroatoms. The van der Waals surface area contributed by atoms with E-state index in [0.29, 0.717) is 32.4 Å². The molecule has 0 spiro atoms. The Balaban J connectivity index is 2.58. The Hall–Kier alpha value is -1.11. The molecule has 43 heavy (non-hydrogen) atoms. The zero-order valence-electron chi connectivity index (χ0n) is 28.4. The topological polar surface area (TPSA) is 138 Å². The SMILES string of the molecule is C=CC(C)[C@H]1OC(=O)[C@H](C)[C@@H](O[C@H]2C[C@@](C)(OC)C[C@H](C)O2)[C@H](C)[C@@H](O)[C@](C)(O)C[C@@H](C)CN(C)C[C@H](C)[C@@H](O)[C@]1(C)O. The third-order valence-corrected chi connectivity index (χ3v) is 9.81. The number of ether oxygens (including phenoxy) is 4. The predicted molar refractivity (Wildman–Crippen MR) is 165 cm³/mol. The van der Waals surface area contributed by atoms with Crippen molar-refractivity contribution in [3.63, 3.8) is 0 Å². The van der Waals surface area contributed by atoms with E-state index in [0.717, 1.165) is 0 Å². The molecule has 0 aromatic rings. The molecule has 2 aliphatic rings. The fraction of sp³-hybridized carbons (Fsp3) is 0.909.